The summed E-state index contributed by atoms with van der Waals surface area (Å²) in [5.74, 6) is -1.33. The van der Waals surface area contributed by atoms with Gasteiger partial charge in [0.1, 0.15) is 29.0 Å². The van der Waals surface area contributed by atoms with Crippen molar-refractivity contribution in [2.45, 2.75) is 94.2 Å². The number of imidazole rings is 1. The van der Waals surface area contributed by atoms with Crippen LogP contribution in [0.5, 0.6) is 23.0 Å². The first-order chi connectivity index (χ1) is 34.5. The molecule has 72 heavy (non-hydrogen) atoms. The number of carbonyl (C=O) groups excluding carboxylic acids is 5. The maximum atomic E-state index is 14.2. The summed E-state index contributed by atoms with van der Waals surface area (Å²) in [6.45, 7) is 4.98. The van der Waals surface area contributed by atoms with Crippen LogP contribution in [0.3, 0.4) is 0 Å². The van der Waals surface area contributed by atoms with Crippen molar-refractivity contribution in [2.24, 2.45) is 14.1 Å². The molecule has 0 saturated carbocycles. The molecule has 3 N–H and O–H groups in total. The average Bonchev–Trinajstić information content (AvgIpc) is 3.72. The van der Waals surface area contributed by atoms with Crippen molar-refractivity contribution in [3.8, 4) is 23.0 Å². The second-order valence-electron chi connectivity index (χ2n) is 18.6. The lowest BCUT2D eigenvalue weighted by Gasteiger charge is -2.27. The monoisotopic (exact) mass is 1010 g/mol. The predicted molar refractivity (Wildman–Crippen MR) is 273 cm³/mol. The molecule has 1 unspecified atom stereocenters. The van der Waals surface area contributed by atoms with E-state index in [1.54, 1.807) is 74.8 Å². The Hall–Kier alpha value is -6.99. The van der Waals surface area contributed by atoms with Crippen LogP contribution in [-0.4, -0.2) is 110 Å². The largest absolute Gasteiger partial charge is 0.493 e. The molecule has 0 radical (unpaired) electrons. The van der Waals surface area contributed by atoms with Crippen LogP contribution in [0, 0.1) is 0 Å². The Morgan fingerprint density at radius 2 is 1.42 bits per heavy atom. The number of hydrogen-bond acceptors (Lipinski definition) is 13. The molecular weight excluding hydrogens is 943 g/mol. The van der Waals surface area contributed by atoms with Crippen molar-refractivity contribution < 1.29 is 46.6 Å². The fourth-order valence-corrected chi connectivity index (χ4v) is 10.2. The van der Waals surface area contributed by atoms with Gasteiger partial charge in [-0.15, -0.1) is 0 Å². The summed E-state index contributed by atoms with van der Waals surface area (Å²) < 4.78 is 49.9. The van der Waals surface area contributed by atoms with Gasteiger partial charge < -0.3 is 29.7 Å². The third kappa shape index (κ3) is 12.9. The Morgan fingerprint density at radius 1 is 0.750 bits per heavy atom. The number of piperidine rings is 1. The summed E-state index contributed by atoms with van der Waals surface area (Å²) in [4.78, 5) is 79.4. The molecule has 3 heterocycles. The second-order valence-corrected chi connectivity index (χ2v) is 20.6. The number of sulfone groups is 1. The highest BCUT2D eigenvalue weighted by Crippen LogP contribution is 2.36. The lowest BCUT2D eigenvalue weighted by molar-refractivity contribution is -0.136. The van der Waals surface area contributed by atoms with E-state index in [1.165, 1.54) is 21.3 Å². The highest BCUT2D eigenvalue weighted by atomic mass is 32.2. The molecule has 5 aromatic rings. The number of unbranched alkanes of at least 4 members (excludes halogenated alkanes) is 6. The molecule has 0 bridgehead atoms. The van der Waals surface area contributed by atoms with Crippen molar-refractivity contribution in [1.29, 1.82) is 0 Å². The van der Waals surface area contributed by atoms with E-state index in [9.17, 15) is 37.2 Å². The van der Waals surface area contributed by atoms with E-state index in [2.05, 4.69) is 20.9 Å². The molecule has 1 fully saturated rings. The van der Waals surface area contributed by atoms with Crippen LogP contribution < -0.4 is 35.9 Å². The van der Waals surface area contributed by atoms with Gasteiger partial charge in [-0.2, -0.15) is 0 Å². The Kier molecular flexibility index (Phi) is 17.6. The summed E-state index contributed by atoms with van der Waals surface area (Å²) >= 11 is 0. The average molecular weight is 1010 g/mol. The molecular formula is C53H65N7O11S. The zero-order valence-corrected chi connectivity index (χ0v) is 42.5. The Labute approximate surface area is 419 Å². The van der Waals surface area contributed by atoms with Gasteiger partial charge in [0.15, 0.2) is 9.84 Å². The fourth-order valence-electron chi connectivity index (χ4n) is 8.81. The number of nitrogens with one attached hydrogen (secondary N) is 3. The lowest BCUT2D eigenvalue weighted by atomic mass is 10.0. The van der Waals surface area contributed by atoms with E-state index in [0.717, 1.165) is 69.2 Å². The quantitative estimate of drug-likeness (QED) is 0.0387. The van der Waals surface area contributed by atoms with Gasteiger partial charge in [-0.3, -0.25) is 43.3 Å². The molecule has 5 amide bonds. The summed E-state index contributed by atoms with van der Waals surface area (Å²) in [6, 6.07) is 18.5. The van der Waals surface area contributed by atoms with Gasteiger partial charge in [0.2, 0.25) is 11.8 Å². The SMILES string of the molecule is CCCOc1cc(OCCCCN(C)C)cc(Oc2cc3c(cc2CS(=O)(=O)c2cccc(C(=O)NCCCCCCCCNc4ccc5c(c4)C(=O)N(C4CCC(=O)NC4=O)C5=O)c2)n(C)c(=O)n3C)c1. The molecule has 1 atom stereocenters. The number of nitrogens with zero attached hydrogens (tertiary/aromatic N) is 4. The normalized spacial score (nSPS) is 14.8. The van der Waals surface area contributed by atoms with Crippen LogP contribution in [0.1, 0.15) is 114 Å². The first-order valence-electron chi connectivity index (χ1n) is 24.7. The molecule has 0 spiro atoms. The number of amides is 5. The zero-order chi connectivity index (χ0) is 51.5. The minimum Gasteiger partial charge on any atom is -0.493 e. The van der Waals surface area contributed by atoms with Gasteiger partial charge >= 0.3 is 5.69 Å². The van der Waals surface area contributed by atoms with Crippen molar-refractivity contribution >= 4 is 56.1 Å². The van der Waals surface area contributed by atoms with Gasteiger partial charge in [-0.1, -0.05) is 38.7 Å². The molecule has 4 aromatic carbocycles. The first kappa shape index (κ1) is 52.8. The van der Waals surface area contributed by atoms with Crippen molar-refractivity contribution in [2.75, 3.05) is 52.3 Å². The smallest absolute Gasteiger partial charge is 0.328 e. The van der Waals surface area contributed by atoms with Crippen molar-refractivity contribution in [1.82, 2.24) is 29.6 Å². The number of rotatable bonds is 26. The molecule has 1 saturated heterocycles. The summed E-state index contributed by atoms with van der Waals surface area (Å²) in [5, 5.41) is 8.43. The molecule has 7 rings (SSSR count). The molecule has 384 valence electrons. The standard InChI is InChI=1S/C53H65N7O11S/c1-6-25-69-38-30-39(70-26-14-13-24-57(2)3)32-40(31-38)71-47-33-46-45(58(4)53(66)59(46)5)28-36(47)34-72(67,68)41-17-15-16-35(27-41)49(62)55-23-12-10-8-7-9-11-22-54-37-18-19-42-43(29-37)52(65)60(51(42)64)44-20-21-48(61)56-50(44)63/h15-19,27-33,44,54H,6-14,20-26,34H2,1-5H3,(H,55,62)(H,56,61,63). The summed E-state index contributed by atoms with van der Waals surface area (Å²) in [6.07, 6.45) is 8.13. The fraction of sp³-hybridized carbons (Fsp3) is 0.434. The number of fused-ring (bicyclic) bond motifs is 2. The van der Waals surface area contributed by atoms with Crippen LogP contribution in [0.15, 0.2) is 82.5 Å². The second kappa shape index (κ2) is 24.0. The van der Waals surface area contributed by atoms with Crippen molar-refractivity contribution in [3.63, 3.8) is 0 Å². The van der Waals surface area contributed by atoms with E-state index in [4.69, 9.17) is 14.2 Å². The third-order valence-corrected chi connectivity index (χ3v) is 14.4. The maximum absolute atomic E-state index is 14.2. The molecule has 19 heteroatoms. The van der Waals surface area contributed by atoms with Gasteiger partial charge in [0.25, 0.3) is 17.7 Å². The van der Waals surface area contributed by atoms with Gasteiger partial charge in [-0.25, -0.2) is 13.2 Å². The number of aromatic nitrogens is 2. The zero-order valence-electron chi connectivity index (χ0n) is 41.7. The van der Waals surface area contributed by atoms with Crippen LogP contribution in [-0.2, 0) is 39.3 Å². The minimum atomic E-state index is -4.05. The number of anilines is 1. The van der Waals surface area contributed by atoms with Crippen molar-refractivity contribution in [3.05, 3.63) is 106 Å². The number of ether oxygens (including phenoxy) is 3. The maximum Gasteiger partial charge on any atom is 0.328 e. The number of hydrogen-bond donors (Lipinski definition) is 3. The molecule has 0 aliphatic carbocycles. The van der Waals surface area contributed by atoms with E-state index in [0.29, 0.717) is 65.8 Å². The topological polar surface area (TPSA) is 217 Å². The molecule has 18 nitrogen and oxygen atoms in total. The predicted octanol–water partition coefficient (Wildman–Crippen LogP) is 6.74. The summed E-state index contributed by atoms with van der Waals surface area (Å²) in [7, 11) is 3.27. The molecule has 1 aromatic heterocycles. The minimum absolute atomic E-state index is 0.0336. The third-order valence-electron chi connectivity index (χ3n) is 12.7. The summed E-state index contributed by atoms with van der Waals surface area (Å²) in [5.41, 5.74) is 2.49. The highest BCUT2D eigenvalue weighted by molar-refractivity contribution is 7.90. The Bertz CT molecular complexity index is 3000. The van der Waals surface area contributed by atoms with Gasteiger partial charge in [0.05, 0.1) is 46.0 Å². The van der Waals surface area contributed by atoms with E-state index < -0.39 is 45.3 Å². The van der Waals surface area contributed by atoms with Crippen LogP contribution >= 0.6 is 0 Å². The van der Waals surface area contributed by atoms with E-state index >= 15 is 0 Å². The number of imide groups is 2. The number of benzene rings is 4. The van der Waals surface area contributed by atoms with Gasteiger partial charge in [-0.05, 0) is 102 Å². The lowest BCUT2D eigenvalue weighted by Crippen LogP contribution is -2.54. The molecule has 2 aliphatic rings. The van der Waals surface area contributed by atoms with E-state index in [-0.39, 0.29) is 51.8 Å². The van der Waals surface area contributed by atoms with Crippen LogP contribution in [0.2, 0.25) is 0 Å². The number of carbonyl (C=O) groups is 5. The van der Waals surface area contributed by atoms with Gasteiger partial charge in [0, 0.05) is 74.7 Å². The van der Waals surface area contributed by atoms with E-state index in [1.807, 2.05) is 21.0 Å². The van der Waals surface area contributed by atoms with Crippen LogP contribution in [0.4, 0.5) is 5.69 Å². The molecule has 2 aliphatic heterocycles. The van der Waals surface area contributed by atoms with Crippen LogP contribution in [0.25, 0.3) is 11.0 Å². The first-order valence-corrected chi connectivity index (χ1v) is 26.3. The Balaban J connectivity index is 0.899. The highest BCUT2D eigenvalue weighted by Gasteiger charge is 2.44. The Morgan fingerprint density at radius 3 is 2.12 bits per heavy atom. The number of aryl methyl sites for hydroxylation is 2.